The van der Waals surface area contributed by atoms with E-state index in [0.717, 1.165) is 12.1 Å². The maximum absolute atomic E-state index is 13.4. The van der Waals surface area contributed by atoms with Crippen molar-refractivity contribution < 1.29 is 18.4 Å². The van der Waals surface area contributed by atoms with Crippen molar-refractivity contribution in [2.75, 3.05) is 24.5 Å². The van der Waals surface area contributed by atoms with E-state index in [0.29, 0.717) is 18.8 Å². The lowest BCUT2D eigenvalue weighted by Gasteiger charge is -2.32. The first-order valence-electron chi connectivity index (χ1n) is 8.05. The molecule has 1 heterocycles. The first-order valence-corrected chi connectivity index (χ1v) is 8.05. The van der Waals surface area contributed by atoms with Crippen LogP contribution in [0, 0.1) is 11.6 Å². The van der Waals surface area contributed by atoms with E-state index in [-0.39, 0.29) is 30.6 Å². The maximum atomic E-state index is 13.4. The van der Waals surface area contributed by atoms with Crippen LogP contribution >= 0.6 is 0 Å². The number of hydrogen-bond donors (Lipinski definition) is 0. The lowest BCUT2D eigenvalue weighted by molar-refractivity contribution is -0.135. The Labute approximate surface area is 140 Å². The van der Waals surface area contributed by atoms with Gasteiger partial charge in [-0.15, -0.1) is 0 Å². The SMILES string of the molecule is CC(C)N(C(=O)CN1CCN(c2ccc(F)c(F)c2)C1=O)C(C)C. The Bertz CT molecular complexity index is 626. The predicted molar refractivity (Wildman–Crippen MR) is 87.8 cm³/mol. The second-order valence-electron chi connectivity index (χ2n) is 6.44. The normalized spacial score (nSPS) is 14.9. The summed E-state index contributed by atoms with van der Waals surface area (Å²) in [5, 5.41) is 0. The summed E-state index contributed by atoms with van der Waals surface area (Å²) in [6, 6.07) is 3.05. The zero-order valence-electron chi connectivity index (χ0n) is 14.4. The van der Waals surface area contributed by atoms with E-state index in [1.54, 1.807) is 4.90 Å². The molecule has 0 N–H and O–H groups in total. The Balaban J connectivity index is 2.08. The lowest BCUT2D eigenvalue weighted by Crippen LogP contribution is -2.48. The van der Waals surface area contributed by atoms with Gasteiger partial charge in [-0.1, -0.05) is 0 Å². The average molecular weight is 339 g/mol. The third kappa shape index (κ3) is 3.66. The van der Waals surface area contributed by atoms with Crippen LogP contribution in [0.1, 0.15) is 27.7 Å². The molecule has 1 fully saturated rings. The molecule has 1 aliphatic rings. The van der Waals surface area contributed by atoms with Crippen molar-refractivity contribution in [3.8, 4) is 0 Å². The van der Waals surface area contributed by atoms with Crippen LogP contribution in [0.3, 0.4) is 0 Å². The van der Waals surface area contributed by atoms with Crippen LogP contribution < -0.4 is 4.90 Å². The molecule has 0 bridgehead atoms. The molecule has 5 nitrogen and oxygen atoms in total. The monoisotopic (exact) mass is 339 g/mol. The molecule has 1 aromatic carbocycles. The quantitative estimate of drug-likeness (QED) is 0.828. The molecule has 0 saturated carbocycles. The molecule has 1 aromatic rings. The van der Waals surface area contributed by atoms with Gasteiger partial charge in [0.15, 0.2) is 11.6 Å². The molecular formula is C17H23F2N3O2. The fourth-order valence-corrected chi connectivity index (χ4v) is 3.04. The summed E-state index contributed by atoms with van der Waals surface area (Å²) in [5.74, 6) is -2.08. The maximum Gasteiger partial charge on any atom is 0.325 e. The van der Waals surface area contributed by atoms with Gasteiger partial charge in [-0.05, 0) is 39.8 Å². The molecule has 3 amide bonds. The van der Waals surface area contributed by atoms with Gasteiger partial charge in [-0.2, -0.15) is 0 Å². The van der Waals surface area contributed by atoms with Gasteiger partial charge >= 0.3 is 6.03 Å². The third-order valence-corrected chi connectivity index (χ3v) is 4.04. The van der Waals surface area contributed by atoms with Crippen LogP contribution in [0.25, 0.3) is 0 Å². The molecule has 0 radical (unpaired) electrons. The second kappa shape index (κ2) is 7.15. The summed E-state index contributed by atoms with van der Waals surface area (Å²) in [5.41, 5.74) is 0.290. The molecule has 0 spiro atoms. The van der Waals surface area contributed by atoms with Gasteiger partial charge < -0.3 is 9.80 Å². The van der Waals surface area contributed by atoms with Gasteiger partial charge in [-0.25, -0.2) is 13.6 Å². The highest BCUT2D eigenvalue weighted by Crippen LogP contribution is 2.22. The van der Waals surface area contributed by atoms with E-state index in [4.69, 9.17) is 0 Å². The van der Waals surface area contributed by atoms with E-state index in [1.165, 1.54) is 15.9 Å². The molecule has 1 saturated heterocycles. The summed E-state index contributed by atoms with van der Waals surface area (Å²) < 4.78 is 26.4. The highest BCUT2D eigenvalue weighted by atomic mass is 19.2. The predicted octanol–water partition coefficient (Wildman–Crippen LogP) is 2.85. The highest BCUT2D eigenvalue weighted by molar-refractivity contribution is 5.96. The van der Waals surface area contributed by atoms with Gasteiger partial charge in [0.25, 0.3) is 0 Å². The van der Waals surface area contributed by atoms with Crippen LogP contribution in [0.4, 0.5) is 19.3 Å². The summed E-state index contributed by atoms with van der Waals surface area (Å²) in [6.45, 7) is 8.40. The number of amides is 3. The minimum absolute atomic E-state index is 0.0185. The molecule has 1 aliphatic heterocycles. The van der Waals surface area contributed by atoms with Gasteiger partial charge in [0.2, 0.25) is 5.91 Å². The molecule has 7 heteroatoms. The minimum atomic E-state index is -0.999. The molecule has 0 aliphatic carbocycles. The number of benzene rings is 1. The number of nitrogens with zero attached hydrogens (tertiary/aromatic N) is 3. The number of rotatable bonds is 5. The van der Waals surface area contributed by atoms with Crippen molar-refractivity contribution >= 4 is 17.6 Å². The minimum Gasteiger partial charge on any atom is -0.336 e. The van der Waals surface area contributed by atoms with E-state index < -0.39 is 11.6 Å². The summed E-state index contributed by atoms with van der Waals surface area (Å²) >= 11 is 0. The Morgan fingerprint density at radius 3 is 2.29 bits per heavy atom. The summed E-state index contributed by atoms with van der Waals surface area (Å²) in [7, 11) is 0. The van der Waals surface area contributed by atoms with Crippen molar-refractivity contribution in [1.29, 1.82) is 0 Å². The van der Waals surface area contributed by atoms with Gasteiger partial charge in [0.1, 0.15) is 6.54 Å². The lowest BCUT2D eigenvalue weighted by atomic mass is 10.2. The topological polar surface area (TPSA) is 43.9 Å². The average Bonchev–Trinajstić information content (AvgIpc) is 2.82. The van der Waals surface area contributed by atoms with Gasteiger partial charge in [0.05, 0.1) is 0 Å². The van der Waals surface area contributed by atoms with Crippen LogP contribution in [-0.4, -0.2) is 53.5 Å². The first-order chi connectivity index (χ1) is 11.2. The largest absolute Gasteiger partial charge is 0.336 e. The number of hydrogen-bond acceptors (Lipinski definition) is 2. The Morgan fingerprint density at radius 1 is 1.12 bits per heavy atom. The van der Waals surface area contributed by atoms with E-state index in [2.05, 4.69) is 0 Å². The molecule has 0 aromatic heterocycles. The van der Waals surface area contributed by atoms with E-state index >= 15 is 0 Å². The van der Waals surface area contributed by atoms with Crippen molar-refractivity contribution in [2.45, 2.75) is 39.8 Å². The third-order valence-electron chi connectivity index (χ3n) is 4.04. The Morgan fingerprint density at radius 2 is 1.75 bits per heavy atom. The van der Waals surface area contributed by atoms with E-state index in [1.807, 2.05) is 27.7 Å². The van der Waals surface area contributed by atoms with Crippen LogP contribution in [0.5, 0.6) is 0 Å². The zero-order valence-corrected chi connectivity index (χ0v) is 14.4. The van der Waals surface area contributed by atoms with Crippen LogP contribution in [-0.2, 0) is 4.79 Å². The van der Waals surface area contributed by atoms with Gasteiger partial charge in [0, 0.05) is 36.9 Å². The molecule has 0 unspecified atom stereocenters. The molecular weight excluding hydrogens is 316 g/mol. The van der Waals surface area contributed by atoms with Crippen LogP contribution in [0.2, 0.25) is 0 Å². The number of urea groups is 1. The first kappa shape index (κ1) is 18.2. The fraction of sp³-hybridized carbons (Fsp3) is 0.529. The van der Waals surface area contributed by atoms with Gasteiger partial charge in [-0.3, -0.25) is 9.69 Å². The van der Waals surface area contributed by atoms with E-state index in [9.17, 15) is 18.4 Å². The number of carbonyl (C=O) groups is 2. The van der Waals surface area contributed by atoms with Crippen LogP contribution in [0.15, 0.2) is 18.2 Å². The molecule has 132 valence electrons. The van der Waals surface area contributed by atoms with Crippen molar-refractivity contribution in [1.82, 2.24) is 9.80 Å². The smallest absolute Gasteiger partial charge is 0.325 e. The molecule has 0 atom stereocenters. The Hall–Kier alpha value is -2.18. The van der Waals surface area contributed by atoms with Crippen molar-refractivity contribution in [3.63, 3.8) is 0 Å². The molecule has 24 heavy (non-hydrogen) atoms. The second-order valence-corrected chi connectivity index (χ2v) is 6.44. The zero-order chi connectivity index (χ0) is 18.0. The number of anilines is 1. The molecule has 2 rings (SSSR count). The van der Waals surface area contributed by atoms with Crippen molar-refractivity contribution in [2.24, 2.45) is 0 Å². The standard InChI is InChI=1S/C17H23F2N3O2/c1-11(2)22(12(3)4)16(23)10-20-7-8-21(17(20)24)13-5-6-14(18)15(19)9-13/h5-6,9,11-12H,7-8,10H2,1-4H3. The fourth-order valence-electron chi connectivity index (χ4n) is 3.04. The Kier molecular flexibility index (Phi) is 5.41. The van der Waals surface area contributed by atoms with Crippen molar-refractivity contribution in [3.05, 3.63) is 29.8 Å². The highest BCUT2D eigenvalue weighted by Gasteiger charge is 2.33. The summed E-state index contributed by atoms with van der Waals surface area (Å²) in [6.07, 6.45) is 0. The number of carbonyl (C=O) groups excluding carboxylic acids is 2. The summed E-state index contributed by atoms with van der Waals surface area (Å²) in [4.78, 5) is 29.5. The number of halogens is 2.